The number of ether oxygens (including phenoxy) is 2. The number of hydrogen-bond acceptors (Lipinski definition) is 4. The molecule has 1 aromatic rings. The highest BCUT2D eigenvalue weighted by atomic mass is 16.6. The summed E-state index contributed by atoms with van der Waals surface area (Å²) in [6, 6.07) is 9.37. The maximum absolute atomic E-state index is 12.7. The van der Waals surface area contributed by atoms with Crippen molar-refractivity contribution >= 4 is 11.9 Å². The summed E-state index contributed by atoms with van der Waals surface area (Å²) in [5, 5.41) is 0. The molecule has 1 saturated heterocycles. The van der Waals surface area contributed by atoms with Crippen LogP contribution in [-0.2, 0) is 14.3 Å². The van der Waals surface area contributed by atoms with E-state index in [0.29, 0.717) is 29.7 Å². The summed E-state index contributed by atoms with van der Waals surface area (Å²) >= 11 is 0. The minimum Gasteiger partial charge on any atom is -0.459 e. The number of carbonyl (C=O) groups is 2. The molecule has 4 nitrogen and oxygen atoms in total. The predicted molar refractivity (Wildman–Crippen MR) is 135 cm³/mol. The molecule has 4 fully saturated rings. The fourth-order valence-corrected chi connectivity index (χ4v) is 9.48. The SMILES string of the molecule is C[C@]12CC[C@@H]3[C@@H](CC=C4C[C@H](OC(=O)c5ccccc5)CC[C@@]43C)[C@H]1CC[C@H]2[C@@]1(C)CCC(=O)O1. The highest BCUT2D eigenvalue weighted by Gasteiger charge is 2.63. The van der Waals surface area contributed by atoms with Gasteiger partial charge in [-0.3, -0.25) is 4.79 Å². The van der Waals surface area contributed by atoms with Gasteiger partial charge in [-0.05, 0) is 99.0 Å². The van der Waals surface area contributed by atoms with Crippen LogP contribution in [0, 0.1) is 34.5 Å². The normalized spacial score (nSPS) is 44.5. The van der Waals surface area contributed by atoms with Gasteiger partial charge in [0.1, 0.15) is 11.7 Å². The van der Waals surface area contributed by atoms with Crippen molar-refractivity contribution in [3.63, 3.8) is 0 Å². The number of rotatable bonds is 3. The molecular formula is C31H40O4. The molecule has 35 heavy (non-hydrogen) atoms. The molecule has 0 bridgehead atoms. The minimum atomic E-state index is -0.270. The second-order valence-corrected chi connectivity index (χ2v) is 12.9. The molecule has 4 aliphatic carbocycles. The van der Waals surface area contributed by atoms with Crippen molar-refractivity contribution in [3.8, 4) is 0 Å². The third-order valence-electron chi connectivity index (χ3n) is 11.3. The topological polar surface area (TPSA) is 52.6 Å². The predicted octanol–water partition coefficient (Wildman–Crippen LogP) is 6.89. The van der Waals surface area contributed by atoms with Crippen LogP contribution in [0.2, 0.25) is 0 Å². The minimum absolute atomic E-state index is 0.00397. The molecule has 0 radical (unpaired) electrons. The highest BCUT2D eigenvalue weighted by molar-refractivity contribution is 5.89. The van der Waals surface area contributed by atoms with Gasteiger partial charge < -0.3 is 9.47 Å². The zero-order valence-corrected chi connectivity index (χ0v) is 21.6. The van der Waals surface area contributed by atoms with E-state index in [-0.39, 0.29) is 34.5 Å². The lowest BCUT2D eigenvalue weighted by Gasteiger charge is -2.59. The average Bonchev–Trinajstić information content (AvgIpc) is 3.39. The maximum atomic E-state index is 12.7. The maximum Gasteiger partial charge on any atom is 0.338 e. The van der Waals surface area contributed by atoms with Crippen LogP contribution >= 0.6 is 0 Å². The zero-order valence-electron chi connectivity index (χ0n) is 21.6. The summed E-state index contributed by atoms with van der Waals surface area (Å²) in [6.07, 6.45) is 13.0. The highest BCUT2D eigenvalue weighted by Crippen LogP contribution is 2.68. The monoisotopic (exact) mass is 476 g/mol. The number of esters is 2. The van der Waals surface area contributed by atoms with Crippen LogP contribution in [0.15, 0.2) is 42.0 Å². The summed E-state index contributed by atoms with van der Waals surface area (Å²) in [4.78, 5) is 24.7. The van der Waals surface area contributed by atoms with Gasteiger partial charge in [-0.15, -0.1) is 0 Å². The molecule has 1 heterocycles. The first-order valence-electron chi connectivity index (χ1n) is 13.9. The van der Waals surface area contributed by atoms with Crippen molar-refractivity contribution in [2.75, 3.05) is 0 Å². The summed E-state index contributed by atoms with van der Waals surface area (Å²) in [6.45, 7) is 7.23. The number of fused-ring (bicyclic) bond motifs is 5. The van der Waals surface area contributed by atoms with Gasteiger partial charge in [-0.25, -0.2) is 4.79 Å². The van der Waals surface area contributed by atoms with Crippen LogP contribution in [0.1, 0.15) is 95.3 Å². The van der Waals surface area contributed by atoms with E-state index in [9.17, 15) is 9.59 Å². The molecule has 0 unspecified atom stereocenters. The molecule has 0 aromatic heterocycles. The van der Waals surface area contributed by atoms with Crippen molar-refractivity contribution in [2.45, 2.75) is 96.7 Å². The molecule has 4 heteroatoms. The Hall–Kier alpha value is -2.10. The smallest absolute Gasteiger partial charge is 0.338 e. The quantitative estimate of drug-likeness (QED) is 0.352. The lowest BCUT2D eigenvalue weighted by atomic mass is 9.46. The van der Waals surface area contributed by atoms with Gasteiger partial charge in [0.2, 0.25) is 0 Å². The summed E-state index contributed by atoms with van der Waals surface area (Å²) in [5.74, 6) is 2.43. The summed E-state index contributed by atoms with van der Waals surface area (Å²) in [7, 11) is 0. The summed E-state index contributed by atoms with van der Waals surface area (Å²) < 4.78 is 11.9. The van der Waals surface area contributed by atoms with Crippen LogP contribution in [-0.4, -0.2) is 23.6 Å². The first-order chi connectivity index (χ1) is 16.7. The Morgan fingerprint density at radius 2 is 1.77 bits per heavy atom. The number of cyclic esters (lactones) is 1. The van der Waals surface area contributed by atoms with Gasteiger partial charge in [0.15, 0.2) is 0 Å². The molecule has 3 saturated carbocycles. The molecule has 188 valence electrons. The van der Waals surface area contributed by atoms with Crippen LogP contribution in [0.25, 0.3) is 0 Å². The summed E-state index contributed by atoms with van der Waals surface area (Å²) in [5.41, 5.74) is 2.40. The van der Waals surface area contributed by atoms with Gasteiger partial charge in [0, 0.05) is 18.8 Å². The van der Waals surface area contributed by atoms with Crippen LogP contribution in [0.4, 0.5) is 0 Å². The molecule has 5 aliphatic rings. The third-order valence-corrected chi connectivity index (χ3v) is 11.3. The van der Waals surface area contributed by atoms with Gasteiger partial charge >= 0.3 is 11.9 Å². The second kappa shape index (κ2) is 8.21. The molecule has 8 atom stereocenters. The van der Waals surface area contributed by atoms with Crippen LogP contribution in [0.5, 0.6) is 0 Å². The van der Waals surface area contributed by atoms with Gasteiger partial charge in [0.05, 0.1) is 5.56 Å². The second-order valence-electron chi connectivity index (χ2n) is 12.9. The fourth-order valence-electron chi connectivity index (χ4n) is 9.48. The largest absolute Gasteiger partial charge is 0.459 e. The van der Waals surface area contributed by atoms with Gasteiger partial charge in [-0.1, -0.05) is 43.7 Å². The van der Waals surface area contributed by atoms with E-state index in [1.807, 2.05) is 30.3 Å². The Morgan fingerprint density at radius 3 is 2.51 bits per heavy atom. The number of allylic oxidation sites excluding steroid dienone is 1. The van der Waals surface area contributed by atoms with E-state index in [0.717, 1.165) is 38.0 Å². The number of benzene rings is 1. The fraction of sp³-hybridized carbons (Fsp3) is 0.677. The lowest BCUT2D eigenvalue weighted by Crippen LogP contribution is -2.53. The molecular weight excluding hydrogens is 436 g/mol. The zero-order chi connectivity index (χ0) is 24.4. The van der Waals surface area contributed by atoms with Crippen molar-refractivity contribution in [1.82, 2.24) is 0 Å². The number of hydrogen-bond donors (Lipinski definition) is 0. The van der Waals surface area contributed by atoms with Crippen molar-refractivity contribution in [2.24, 2.45) is 34.5 Å². The molecule has 1 aliphatic heterocycles. The molecule has 0 N–H and O–H groups in total. The van der Waals surface area contributed by atoms with E-state index < -0.39 is 0 Å². The lowest BCUT2D eigenvalue weighted by molar-refractivity contribution is -0.158. The van der Waals surface area contributed by atoms with E-state index in [1.165, 1.54) is 31.3 Å². The van der Waals surface area contributed by atoms with Crippen molar-refractivity contribution < 1.29 is 19.1 Å². The first kappa shape index (κ1) is 23.3. The molecule has 0 spiro atoms. The Labute approximate surface area is 209 Å². The standard InChI is InChI=1S/C31H40O4/c1-29-16-13-22(34-28(33)20-7-5-4-6-8-20)19-21(29)9-10-23-24-11-12-26(30(24,2)17-14-25(23)29)31(3)18-15-27(32)35-31/h4-9,22-26H,10-19H2,1-3H3/t22-,23+,24-,25-,26-,29+,30+,31-/m1/s1. The Morgan fingerprint density at radius 1 is 0.971 bits per heavy atom. The Balaban J connectivity index is 1.19. The average molecular weight is 477 g/mol. The van der Waals surface area contributed by atoms with Crippen molar-refractivity contribution in [3.05, 3.63) is 47.5 Å². The van der Waals surface area contributed by atoms with E-state index in [2.05, 4.69) is 26.8 Å². The van der Waals surface area contributed by atoms with Gasteiger partial charge in [0.25, 0.3) is 0 Å². The van der Waals surface area contributed by atoms with E-state index in [1.54, 1.807) is 0 Å². The Bertz CT molecular complexity index is 1050. The first-order valence-corrected chi connectivity index (χ1v) is 13.9. The molecule has 0 amide bonds. The molecule has 6 rings (SSSR count). The van der Waals surface area contributed by atoms with E-state index in [4.69, 9.17) is 9.47 Å². The van der Waals surface area contributed by atoms with Crippen LogP contribution in [0.3, 0.4) is 0 Å². The van der Waals surface area contributed by atoms with Crippen molar-refractivity contribution in [1.29, 1.82) is 0 Å². The van der Waals surface area contributed by atoms with Crippen LogP contribution < -0.4 is 0 Å². The molecule has 1 aromatic carbocycles. The third kappa shape index (κ3) is 3.61. The van der Waals surface area contributed by atoms with E-state index >= 15 is 0 Å². The number of carbonyl (C=O) groups excluding carboxylic acids is 2. The van der Waals surface area contributed by atoms with Gasteiger partial charge in [-0.2, -0.15) is 0 Å². The Kier molecular flexibility index (Phi) is 5.47.